The Morgan fingerprint density at radius 1 is 1.41 bits per heavy atom. The smallest absolute Gasteiger partial charge is 0.123 e. The summed E-state index contributed by atoms with van der Waals surface area (Å²) >= 11 is 5.92. The van der Waals surface area contributed by atoms with Crippen molar-refractivity contribution in [2.45, 2.75) is 31.9 Å². The van der Waals surface area contributed by atoms with Gasteiger partial charge in [-0.15, -0.1) is 12.4 Å². The van der Waals surface area contributed by atoms with E-state index >= 15 is 0 Å². The zero-order valence-electron chi connectivity index (χ0n) is 9.56. The van der Waals surface area contributed by atoms with E-state index in [9.17, 15) is 10.2 Å². The number of hydrogen-bond acceptors (Lipinski definition) is 3. The zero-order valence-corrected chi connectivity index (χ0v) is 11.1. The number of aliphatic hydroxyl groups excluding tert-OH is 1. The van der Waals surface area contributed by atoms with Gasteiger partial charge in [-0.1, -0.05) is 11.6 Å². The number of aromatic hydroxyl groups is 1. The maximum absolute atomic E-state index is 9.94. The largest absolute Gasteiger partial charge is 0.507 e. The van der Waals surface area contributed by atoms with Crippen LogP contribution in [0.1, 0.15) is 30.0 Å². The molecule has 0 aliphatic heterocycles. The molecule has 1 saturated carbocycles. The third kappa shape index (κ3) is 3.05. The maximum Gasteiger partial charge on any atom is 0.123 e. The molecule has 17 heavy (non-hydrogen) atoms. The van der Waals surface area contributed by atoms with E-state index in [0.29, 0.717) is 16.1 Å². The summed E-state index contributed by atoms with van der Waals surface area (Å²) in [6, 6.07) is 2.74. The molecular weight excluding hydrogens is 261 g/mol. The van der Waals surface area contributed by atoms with E-state index in [1.54, 1.807) is 19.1 Å². The Bertz CT molecular complexity index is 408. The van der Waals surface area contributed by atoms with Crippen molar-refractivity contribution >= 4 is 24.0 Å². The van der Waals surface area contributed by atoms with Gasteiger partial charge in [-0.3, -0.25) is 0 Å². The first-order valence-corrected chi connectivity index (χ1v) is 5.81. The van der Waals surface area contributed by atoms with Gasteiger partial charge in [0.1, 0.15) is 5.75 Å². The van der Waals surface area contributed by atoms with E-state index in [2.05, 4.69) is 0 Å². The number of phenolic OH excluding ortho intramolecular Hbond substituents is 1. The van der Waals surface area contributed by atoms with Crippen molar-refractivity contribution in [2.24, 2.45) is 11.7 Å². The molecule has 96 valence electrons. The average Bonchev–Trinajstić information content (AvgIpc) is 3.05. The molecule has 0 bridgehead atoms. The summed E-state index contributed by atoms with van der Waals surface area (Å²) in [6.45, 7) is 1.76. The molecule has 0 spiro atoms. The number of phenols is 1. The lowest BCUT2D eigenvalue weighted by molar-refractivity contribution is 0.121. The van der Waals surface area contributed by atoms with Gasteiger partial charge in [0.05, 0.1) is 12.1 Å². The summed E-state index contributed by atoms with van der Waals surface area (Å²) in [6.07, 6.45) is 1.42. The Labute approximate surface area is 112 Å². The van der Waals surface area contributed by atoms with E-state index < -0.39 is 12.1 Å². The van der Waals surface area contributed by atoms with Crippen molar-refractivity contribution in [3.63, 3.8) is 0 Å². The predicted octanol–water partition coefficient (Wildman–Crippen LogP) is 2.55. The lowest BCUT2D eigenvalue weighted by Crippen LogP contribution is -2.28. The van der Waals surface area contributed by atoms with E-state index in [1.807, 2.05) is 0 Å². The molecule has 1 aliphatic carbocycles. The molecule has 1 aromatic carbocycles. The molecule has 0 heterocycles. The van der Waals surface area contributed by atoms with Crippen LogP contribution in [0.25, 0.3) is 0 Å². The minimum atomic E-state index is -0.594. The third-order valence-electron chi connectivity index (χ3n) is 3.13. The highest BCUT2D eigenvalue weighted by atomic mass is 35.5. The molecule has 2 atom stereocenters. The zero-order chi connectivity index (χ0) is 11.9. The van der Waals surface area contributed by atoms with Gasteiger partial charge in [0.25, 0.3) is 0 Å². The van der Waals surface area contributed by atoms with Crippen molar-refractivity contribution in [3.05, 3.63) is 28.3 Å². The van der Waals surface area contributed by atoms with Crippen LogP contribution in [-0.2, 0) is 0 Å². The van der Waals surface area contributed by atoms with Gasteiger partial charge in [-0.05, 0) is 43.4 Å². The summed E-state index contributed by atoms with van der Waals surface area (Å²) in [5.74, 6) is 0.408. The molecule has 1 fully saturated rings. The third-order valence-corrected chi connectivity index (χ3v) is 3.35. The molecule has 2 rings (SSSR count). The molecule has 3 nitrogen and oxygen atoms in total. The first-order chi connectivity index (χ1) is 7.50. The molecular formula is C12H17Cl2NO2. The van der Waals surface area contributed by atoms with Gasteiger partial charge in [-0.2, -0.15) is 0 Å². The number of hydrogen-bond donors (Lipinski definition) is 3. The van der Waals surface area contributed by atoms with Gasteiger partial charge in [0.2, 0.25) is 0 Å². The number of benzene rings is 1. The number of rotatable bonds is 3. The molecule has 5 heteroatoms. The number of aliphatic hydroxyl groups is 1. The second kappa shape index (κ2) is 5.44. The lowest BCUT2D eigenvalue weighted by atomic mass is 9.96. The van der Waals surface area contributed by atoms with Crippen molar-refractivity contribution < 1.29 is 10.2 Å². The fourth-order valence-corrected chi connectivity index (χ4v) is 2.21. The predicted molar refractivity (Wildman–Crippen MR) is 70.8 cm³/mol. The fourth-order valence-electron chi connectivity index (χ4n) is 1.93. The maximum atomic E-state index is 9.94. The molecule has 0 unspecified atom stereocenters. The van der Waals surface area contributed by atoms with Crippen LogP contribution in [0.15, 0.2) is 12.1 Å². The Hall–Kier alpha value is -0.480. The van der Waals surface area contributed by atoms with Crippen molar-refractivity contribution in [1.29, 1.82) is 0 Å². The Kier molecular flexibility index (Phi) is 4.67. The molecule has 0 amide bonds. The number of nitrogens with two attached hydrogens (primary N) is 1. The minimum absolute atomic E-state index is 0. The average molecular weight is 278 g/mol. The van der Waals surface area contributed by atoms with Crippen LogP contribution in [0.3, 0.4) is 0 Å². The van der Waals surface area contributed by atoms with E-state index in [4.69, 9.17) is 17.3 Å². The second-order valence-corrected chi connectivity index (χ2v) is 4.95. The summed E-state index contributed by atoms with van der Waals surface area (Å²) < 4.78 is 0. The summed E-state index contributed by atoms with van der Waals surface area (Å²) in [5, 5.41) is 20.4. The Morgan fingerprint density at radius 3 is 2.53 bits per heavy atom. The van der Waals surface area contributed by atoms with Crippen LogP contribution >= 0.6 is 24.0 Å². The van der Waals surface area contributed by atoms with Crippen LogP contribution in [-0.4, -0.2) is 16.3 Å². The molecule has 4 N–H and O–H groups in total. The van der Waals surface area contributed by atoms with Crippen LogP contribution in [0, 0.1) is 12.8 Å². The SMILES string of the molecule is Cc1cc(Cl)cc([C@H](N)[C@H](O)C2CC2)c1O.Cl. The molecule has 1 aliphatic rings. The summed E-state index contributed by atoms with van der Waals surface area (Å²) in [7, 11) is 0. The van der Waals surface area contributed by atoms with Crippen molar-refractivity contribution in [3.8, 4) is 5.75 Å². The first kappa shape index (κ1) is 14.6. The lowest BCUT2D eigenvalue weighted by Gasteiger charge is -2.20. The Morgan fingerprint density at radius 2 is 2.00 bits per heavy atom. The minimum Gasteiger partial charge on any atom is -0.507 e. The quantitative estimate of drug-likeness (QED) is 0.796. The van der Waals surface area contributed by atoms with Gasteiger partial charge < -0.3 is 15.9 Å². The molecule has 0 saturated heterocycles. The highest BCUT2D eigenvalue weighted by Gasteiger charge is 2.35. The van der Waals surface area contributed by atoms with Crippen molar-refractivity contribution in [1.82, 2.24) is 0 Å². The second-order valence-electron chi connectivity index (χ2n) is 4.51. The van der Waals surface area contributed by atoms with E-state index in [0.717, 1.165) is 12.8 Å². The Balaban J connectivity index is 0.00000144. The van der Waals surface area contributed by atoms with Crippen LogP contribution < -0.4 is 5.73 Å². The number of halogens is 2. The van der Waals surface area contributed by atoms with Crippen LogP contribution in [0.4, 0.5) is 0 Å². The molecule has 1 aromatic rings. The topological polar surface area (TPSA) is 66.5 Å². The summed E-state index contributed by atoms with van der Waals surface area (Å²) in [5.41, 5.74) is 7.16. The van der Waals surface area contributed by atoms with Gasteiger partial charge >= 0.3 is 0 Å². The standard InChI is InChI=1S/C12H16ClNO2.ClH/c1-6-4-8(13)5-9(11(6)15)10(14)12(16)7-2-3-7;/h4-5,7,10,12,15-16H,2-3,14H2,1H3;1H/t10-,12+;/m0./s1. The first-order valence-electron chi connectivity index (χ1n) is 5.43. The molecule has 0 aromatic heterocycles. The van der Waals surface area contributed by atoms with Crippen LogP contribution in [0.2, 0.25) is 5.02 Å². The summed E-state index contributed by atoms with van der Waals surface area (Å²) in [4.78, 5) is 0. The molecule has 0 radical (unpaired) electrons. The van der Waals surface area contributed by atoms with Crippen molar-refractivity contribution in [2.75, 3.05) is 0 Å². The van der Waals surface area contributed by atoms with Gasteiger partial charge in [0, 0.05) is 10.6 Å². The van der Waals surface area contributed by atoms with Gasteiger partial charge in [0.15, 0.2) is 0 Å². The van der Waals surface area contributed by atoms with E-state index in [-0.39, 0.29) is 24.1 Å². The fraction of sp³-hybridized carbons (Fsp3) is 0.500. The highest BCUT2D eigenvalue weighted by Crippen LogP contribution is 2.40. The normalized spacial score (nSPS) is 18.4. The van der Waals surface area contributed by atoms with E-state index in [1.165, 1.54) is 0 Å². The number of aryl methyl sites for hydroxylation is 1. The van der Waals surface area contributed by atoms with Crippen LogP contribution in [0.5, 0.6) is 5.75 Å². The monoisotopic (exact) mass is 277 g/mol. The van der Waals surface area contributed by atoms with Gasteiger partial charge in [-0.25, -0.2) is 0 Å². The highest BCUT2D eigenvalue weighted by molar-refractivity contribution is 6.30.